The molecule has 1 aromatic carbocycles. The zero-order valence-corrected chi connectivity index (χ0v) is 12.5. The number of hydrogen-bond acceptors (Lipinski definition) is 2. The summed E-state index contributed by atoms with van der Waals surface area (Å²) in [5, 5.41) is 3.00. The van der Waals surface area contributed by atoms with E-state index in [1.807, 2.05) is 19.9 Å². The van der Waals surface area contributed by atoms with Crippen LogP contribution in [0.1, 0.15) is 30.0 Å². The van der Waals surface area contributed by atoms with Crippen LogP contribution < -0.4 is 5.32 Å². The van der Waals surface area contributed by atoms with Crippen molar-refractivity contribution >= 4 is 21.6 Å². The monoisotopic (exact) mass is 347 g/mol. The highest BCUT2D eigenvalue weighted by Crippen LogP contribution is 2.37. The number of anilines is 1. The molecule has 0 aliphatic heterocycles. The van der Waals surface area contributed by atoms with E-state index in [4.69, 9.17) is 4.42 Å². The average Bonchev–Trinajstić information content (AvgIpc) is 2.77. The van der Waals surface area contributed by atoms with Gasteiger partial charge in [0.2, 0.25) is 0 Å². The second-order valence-electron chi connectivity index (χ2n) is 4.51. The van der Waals surface area contributed by atoms with Gasteiger partial charge in [0, 0.05) is 10.2 Å². The highest BCUT2D eigenvalue weighted by Gasteiger charge is 2.33. The molecule has 1 N–H and O–H groups in total. The molecule has 6 heteroatoms. The van der Waals surface area contributed by atoms with Gasteiger partial charge in [-0.1, -0.05) is 15.9 Å². The number of hydrogen-bond donors (Lipinski definition) is 1. The number of furan rings is 1. The Kier molecular flexibility index (Phi) is 4.13. The molecule has 0 amide bonds. The van der Waals surface area contributed by atoms with Crippen molar-refractivity contribution in [2.24, 2.45) is 0 Å². The maximum Gasteiger partial charge on any atom is 0.417 e. The van der Waals surface area contributed by atoms with E-state index in [1.165, 1.54) is 6.07 Å². The van der Waals surface area contributed by atoms with E-state index in [9.17, 15) is 13.2 Å². The summed E-state index contributed by atoms with van der Waals surface area (Å²) in [5.41, 5.74) is -0.313. The van der Waals surface area contributed by atoms with Gasteiger partial charge < -0.3 is 9.73 Å². The maximum atomic E-state index is 12.8. The number of aryl methyl sites for hydroxylation is 1. The lowest BCUT2D eigenvalue weighted by atomic mass is 10.1. The lowest BCUT2D eigenvalue weighted by Gasteiger charge is -2.16. The van der Waals surface area contributed by atoms with Gasteiger partial charge in [0.1, 0.15) is 11.5 Å². The molecular formula is C14H13BrF3NO. The Hall–Kier alpha value is -1.43. The Morgan fingerprint density at radius 1 is 1.20 bits per heavy atom. The molecule has 0 spiro atoms. The summed E-state index contributed by atoms with van der Waals surface area (Å²) in [6.07, 6.45) is -4.39. The normalized spacial score (nSPS) is 13.3. The fraction of sp³-hybridized carbons (Fsp3) is 0.286. The zero-order chi connectivity index (χ0) is 14.9. The lowest BCUT2D eigenvalue weighted by molar-refractivity contribution is -0.138. The predicted octanol–water partition coefficient (Wildman–Crippen LogP) is 5.54. The van der Waals surface area contributed by atoms with Crippen molar-refractivity contribution in [3.05, 3.63) is 51.9 Å². The van der Waals surface area contributed by atoms with E-state index in [0.717, 1.165) is 11.8 Å². The predicted molar refractivity (Wildman–Crippen MR) is 74.6 cm³/mol. The van der Waals surface area contributed by atoms with E-state index in [0.29, 0.717) is 11.4 Å². The van der Waals surface area contributed by atoms with E-state index in [1.54, 1.807) is 12.1 Å². The molecule has 1 atom stereocenters. The number of halogens is 4. The summed E-state index contributed by atoms with van der Waals surface area (Å²) in [6.45, 7) is 3.64. The molecule has 108 valence electrons. The number of nitrogens with one attached hydrogen (secondary N) is 1. The Balaban J connectivity index is 2.22. The van der Waals surface area contributed by atoms with Crippen molar-refractivity contribution < 1.29 is 17.6 Å². The fourth-order valence-corrected chi connectivity index (χ4v) is 2.31. The number of rotatable bonds is 3. The van der Waals surface area contributed by atoms with Crippen LogP contribution >= 0.6 is 15.9 Å². The Morgan fingerprint density at radius 3 is 2.45 bits per heavy atom. The van der Waals surface area contributed by atoms with Crippen LogP contribution in [0, 0.1) is 6.92 Å². The van der Waals surface area contributed by atoms with Crippen LogP contribution in [0.5, 0.6) is 0 Å². The second kappa shape index (κ2) is 5.52. The van der Waals surface area contributed by atoms with Crippen LogP contribution in [0.4, 0.5) is 18.9 Å². The molecule has 0 saturated carbocycles. The first-order chi connectivity index (χ1) is 9.27. The highest BCUT2D eigenvalue weighted by atomic mass is 79.9. The minimum absolute atomic E-state index is 0.0250. The molecule has 0 aliphatic carbocycles. The van der Waals surface area contributed by atoms with Crippen LogP contribution in [0.3, 0.4) is 0 Å². The van der Waals surface area contributed by atoms with Gasteiger partial charge in [0.15, 0.2) is 0 Å². The summed E-state index contributed by atoms with van der Waals surface area (Å²) < 4.78 is 43.9. The van der Waals surface area contributed by atoms with Crippen molar-refractivity contribution in [3.63, 3.8) is 0 Å². The molecule has 0 bridgehead atoms. The van der Waals surface area contributed by atoms with Gasteiger partial charge >= 0.3 is 6.18 Å². The smallest absolute Gasteiger partial charge is 0.417 e. The molecular weight excluding hydrogens is 335 g/mol. The maximum absolute atomic E-state index is 12.8. The SMILES string of the molecule is Cc1ccc(C(C)Nc2ccc(Br)c(C(F)(F)F)c2)o1. The van der Waals surface area contributed by atoms with Crippen molar-refractivity contribution in [3.8, 4) is 0 Å². The fourth-order valence-electron chi connectivity index (χ4n) is 1.84. The topological polar surface area (TPSA) is 25.2 Å². The third-order valence-corrected chi connectivity index (χ3v) is 3.53. The van der Waals surface area contributed by atoms with Crippen LogP contribution in [0.25, 0.3) is 0 Å². The van der Waals surface area contributed by atoms with Crippen LogP contribution in [0.2, 0.25) is 0 Å². The summed E-state index contributed by atoms with van der Waals surface area (Å²) in [7, 11) is 0. The molecule has 20 heavy (non-hydrogen) atoms. The van der Waals surface area contributed by atoms with E-state index >= 15 is 0 Å². The van der Waals surface area contributed by atoms with Crippen LogP contribution in [-0.4, -0.2) is 0 Å². The number of alkyl halides is 3. The lowest BCUT2D eigenvalue weighted by Crippen LogP contribution is -2.09. The molecule has 1 heterocycles. The Bertz CT molecular complexity index is 607. The van der Waals surface area contributed by atoms with E-state index in [2.05, 4.69) is 21.2 Å². The highest BCUT2D eigenvalue weighted by molar-refractivity contribution is 9.10. The van der Waals surface area contributed by atoms with Crippen LogP contribution in [-0.2, 0) is 6.18 Å². The summed E-state index contributed by atoms with van der Waals surface area (Å²) in [6, 6.07) is 7.45. The van der Waals surface area contributed by atoms with E-state index in [-0.39, 0.29) is 10.5 Å². The Labute approximate surface area is 123 Å². The third kappa shape index (κ3) is 3.36. The van der Waals surface area contributed by atoms with Gasteiger partial charge in [-0.25, -0.2) is 0 Å². The molecule has 0 aliphatic rings. The van der Waals surface area contributed by atoms with Gasteiger partial charge in [0.25, 0.3) is 0 Å². The molecule has 2 nitrogen and oxygen atoms in total. The minimum Gasteiger partial charge on any atom is -0.464 e. The molecule has 0 radical (unpaired) electrons. The van der Waals surface area contributed by atoms with Gasteiger partial charge in [-0.15, -0.1) is 0 Å². The van der Waals surface area contributed by atoms with Crippen molar-refractivity contribution in [2.45, 2.75) is 26.1 Å². The van der Waals surface area contributed by atoms with Crippen molar-refractivity contribution in [1.29, 1.82) is 0 Å². The number of benzene rings is 1. The molecule has 0 fully saturated rings. The molecule has 1 aromatic heterocycles. The second-order valence-corrected chi connectivity index (χ2v) is 5.36. The van der Waals surface area contributed by atoms with Crippen molar-refractivity contribution in [2.75, 3.05) is 5.32 Å². The van der Waals surface area contributed by atoms with Gasteiger partial charge in [-0.05, 0) is 44.2 Å². The summed E-state index contributed by atoms with van der Waals surface area (Å²) in [5.74, 6) is 1.44. The van der Waals surface area contributed by atoms with Crippen LogP contribution in [0.15, 0.2) is 39.2 Å². The Morgan fingerprint density at radius 2 is 1.90 bits per heavy atom. The summed E-state index contributed by atoms with van der Waals surface area (Å²) in [4.78, 5) is 0. The van der Waals surface area contributed by atoms with Crippen molar-refractivity contribution in [1.82, 2.24) is 0 Å². The van der Waals surface area contributed by atoms with Gasteiger partial charge in [-0.2, -0.15) is 13.2 Å². The minimum atomic E-state index is -4.39. The largest absolute Gasteiger partial charge is 0.464 e. The average molecular weight is 348 g/mol. The van der Waals surface area contributed by atoms with Gasteiger partial charge in [0.05, 0.1) is 11.6 Å². The standard InChI is InChI=1S/C14H13BrF3NO/c1-8-3-6-13(20-8)9(2)19-10-4-5-12(15)11(7-10)14(16,17)18/h3-7,9,19H,1-2H3. The van der Waals surface area contributed by atoms with Gasteiger partial charge in [-0.3, -0.25) is 0 Å². The first-order valence-electron chi connectivity index (χ1n) is 5.97. The molecule has 2 rings (SSSR count). The third-order valence-electron chi connectivity index (χ3n) is 2.84. The first kappa shape index (κ1) is 15.0. The first-order valence-corrected chi connectivity index (χ1v) is 6.76. The zero-order valence-electron chi connectivity index (χ0n) is 10.9. The molecule has 0 saturated heterocycles. The molecule has 2 aromatic rings. The molecule has 1 unspecified atom stereocenters. The van der Waals surface area contributed by atoms with E-state index < -0.39 is 11.7 Å². The quantitative estimate of drug-likeness (QED) is 0.788. The summed E-state index contributed by atoms with van der Waals surface area (Å²) >= 11 is 2.91.